The smallest absolute Gasteiger partial charge is 0.437 e. The largest absolute Gasteiger partial charge is 0.451 e. The first-order chi connectivity index (χ1) is 15.0. The number of aromatic nitrogens is 2. The summed E-state index contributed by atoms with van der Waals surface area (Å²) in [5.74, 6) is -1.84. The summed E-state index contributed by atoms with van der Waals surface area (Å²) in [6.07, 6.45) is 0.617. The Balaban J connectivity index is 1.59. The van der Waals surface area contributed by atoms with Crippen molar-refractivity contribution in [2.24, 2.45) is 0 Å². The summed E-state index contributed by atoms with van der Waals surface area (Å²) in [6.45, 7) is 3.07. The number of hydrogen-bond donors (Lipinski definition) is 1. The molecule has 0 unspecified atom stereocenters. The highest BCUT2D eigenvalue weighted by atomic mass is 16.5. The lowest BCUT2D eigenvalue weighted by atomic mass is 10.0. The summed E-state index contributed by atoms with van der Waals surface area (Å²) in [4.78, 5) is 36.8. The van der Waals surface area contributed by atoms with Crippen LogP contribution in [-0.2, 0) is 20.9 Å². The second-order valence-electron chi connectivity index (χ2n) is 7.09. The lowest BCUT2D eigenvalue weighted by Gasteiger charge is -2.21. The highest BCUT2D eigenvalue weighted by Crippen LogP contribution is 2.18. The van der Waals surface area contributed by atoms with E-state index in [1.165, 1.54) is 6.92 Å². The molecule has 1 amide bonds. The fraction of sp³-hybridized carbons (Fsp3) is 0.304. The number of nitrogens with zero attached hydrogens (tertiary/aromatic N) is 2. The molecule has 31 heavy (non-hydrogen) atoms. The third-order valence-electron chi connectivity index (χ3n) is 4.68. The van der Waals surface area contributed by atoms with Crippen molar-refractivity contribution in [3.63, 3.8) is 0 Å². The van der Waals surface area contributed by atoms with Gasteiger partial charge in [0.2, 0.25) is 5.89 Å². The number of carbonyl (C=O) groups is 2. The first-order valence-electron chi connectivity index (χ1n) is 10.2. The molecule has 8 heteroatoms. The van der Waals surface area contributed by atoms with E-state index in [0.717, 1.165) is 23.1 Å². The number of carbonyl (C=O) groups excluding carboxylic acids is 2. The minimum absolute atomic E-state index is 0.106. The van der Waals surface area contributed by atoms with E-state index in [4.69, 9.17) is 9.15 Å². The lowest BCUT2D eigenvalue weighted by molar-refractivity contribution is -0.155. The molecule has 8 nitrogen and oxygen atoms in total. The van der Waals surface area contributed by atoms with E-state index in [2.05, 4.69) is 10.4 Å². The van der Waals surface area contributed by atoms with Crippen LogP contribution in [0.5, 0.6) is 0 Å². The molecule has 162 valence electrons. The van der Waals surface area contributed by atoms with Gasteiger partial charge in [-0.25, -0.2) is 4.79 Å². The molecular weight excluding hydrogens is 398 g/mol. The predicted molar refractivity (Wildman–Crippen MR) is 114 cm³/mol. The van der Waals surface area contributed by atoms with Crippen LogP contribution in [-0.4, -0.2) is 27.8 Å². The van der Waals surface area contributed by atoms with E-state index in [0.29, 0.717) is 5.56 Å². The number of amides is 1. The van der Waals surface area contributed by atoms with Crippen molar-refractivity contribution in [1.82, 2.24) is 15.1 Å². The predicted octanol–water partition coefficient (Wildman–Crippen LogP) is 3.09. The Morgan fingerprint density at radius 3 is 2.39 bits per heavy atom. The maximum atomic E-state index is 12.6. The Labute approximate surface area is 179 Å². The highest BCUT2D eigenvalue weighted by molar-refractivity contribution is 5.83. The molecule has 3 aromatic rings. The van der Waals surface area contributed by atoms with Crippen LogP contribution in [0.15, 0.2) is 69.9 Å². The van der Waals surface area contributed by atoms with Crippen molar-refractivity contribution < 1.29 is 18.7 Å². The molecule has 2 atom stereocenters. The van der Waals surface area contributed by atoms with Gasteiger partial charge < -0.3 is 14.5 Å². The van der Waals surface area contributed by atoms with Crippen LogP contribution >= 0.6 is 0 Å². The molecule has 1 heterocycles. The Morgan fingerprint density at radius 1 is 1.10 bits per heavy atom. The Morgan fingerprint density at radius 2 is 1.74 bits per heavy atom. The van der Waals surface area contributed by atoms with Crippen molar-refractivity contribution in [2.75, 3.05) is 0 Å². The molecule has 0 bridgehead atoms. The van der Waals surface area contributed by atoms with Gasteiger partial charge in [-0.1, -0.05) is 61.9 Å². The third-order valence-corrected chi connectivity index (χ3v) is 4.68. The van der Waals surface area contributed by atoms with Crippen molar-refractivity contribution in [1.29, 1.82) is 0 Å². The summed E-state index contributed by atoms with van der Waals surface area (Å²) in [5, 5.41) is 6.94. The van der Waals surface area contributed by atoms with Crippen LogP contribution in [0, 0.1) is 0 Å². The van der Waals surface area contributed by atoms with Gasteiger partial charge in [0.15, 0.2) is 6.10 Å². The SMILES string of the molecule is CCC[C@H](NC(=O)[C@H](C)OC(=O)Cn1nc(-c2ccccc2)oc1=O)c1ccccc1. The van der Waals surface area contributed by atoms with Gasteiger partial charge in [-0.2, -0.15) is 4.68 Å². The Kier molecular flexibility index (Phi) is 7.37. The molecule has 1 aromatic heterocycles. The second-order valence-corrected chi connectivity index (χ2v) is 7.09. The molecule has 0 radical (unpaired) electrons. The number of esters is 1. The molecule has 3 rings (SSSR count). The number of hydrogen-bond acceptors (Lipinski definition) is 6. The van der Waals surface area contributed by atoms with E-state index in [1.54, 1.807) is 24.3 Å². The number of benzene rings is 2. The van der Waals surface area contributed by atoms with Crippen LogP contribution in [0.3, 0.4) is 0 Å². The van der Waals surface area contributed by atoms with Crippen LogP contribution < -0.4 is 11.1 Å². The molecule has 1 N–H and O–H groups in total. The topological polar surface area (TPSA) is 103 Å². The summed E-state index contributed by atoms with van der Waals surface area (Å²) < 4.78 is 11.2. The zero-order valence-electron chi connectivity index (χ0n) is 17.5. The quantitative estimate of drug-likeness (QED) is 0.531. The first kappa shape index (κ1) is 22.0. The van der Waals surface area contributed by atoms with E-state index < -0.39 is 30.3 Å². The molecule has 0 aliphatic rings. The molecule has 0 saturated carbocycles. The van der Waals surface area contributed by atoms with Crippen molar-refractivity contribution in [3.05, 3.63) is 76.8 Å². The van der Waals surface area contributed by atoms with Gasteiger partial charge in [0.05, 0.1) is 6.04 Å². The fourth-order valence-electron chi connectivity index (χ4n) is 3.10. The van der Waals surface area contributed by atoms with Gasteiger partial charge in [-0.15, -0.1) is 5.10 Å². The summed E-state index contributed by atoms with van der Waals surface area (Å²) >= 11 is 0. The summed E-state index contributed by atoms with van der Waals surface area (Å²) in [6, 6.07) is 18.3. The van der Waals surface area contributed by atoms with Gasteiger partial charge in [0.1, 0.15) is 6.54 Å². The number of ether oxygens (including phenoxy) is 1. The maximum absolute atomic E-state index is 12.6. The molecule has 0 aliphatic carbocycles. The fourth-order valence-corrected chi connectivity index (χ4v) is 3.10. The van der Waals surface area contributed by atoms with E-state index >= 15 is 0 Å². The van der Waals surface area contributed by atoms with Gasteiger partial charge >= 0.3 is 11.7 Å². The van der Waals surface area contributed by atoms with Gasteiger partial charge in [0, 0.05) is 5.56 Å². The molecule has 0 aliphatic heterocycles. The van der Waals surface area contributed by atoms with E-state index in [1.807, 2.05) is 43.3 Å². The molecule has 0 fully saturated rings. The standard InChI is InChI=1S/C23H25N3O5/c1-3-10-19(17-11-6-4-7-12-17)24-21(28)16(2)30-20(27)15-26-23(29)31-22(25-26)18-13-8-5-9-14-18/h4-9,11-14,16,19H,3,10,15H2,1-2H3,(H,24,28)/t16-,19-/m0/s1. The van der Waals surface area contributed by atoms with Crippen molar-refractivity contribution in [2.45, 2.75) is 45.4 Å². The normalized spacial score (nSPS) is 12.7. The van der Waals surface area contributed by atoms with Crippen molar-refractivity contribution >= 4 is 11.9 Å². The first-order valence-corrected chi connectivity index (χ1v) is 10.2. The maximum Gasteiger partial charge on any atom is 0.437 e. The van der Waals surface area contributed by atoms with Gasteiger partial charge in [-0.05, 0) is 31.0 Å². The average Bonchev–Trinajstić information content (AvgIpc) is 3.14. The molecular formula is C23H25N3O5. The molecule has 0 saturated heterocycles. The minimum Gasteiger partial charge on any atom is -0.451 e. The van der Waals surface area contributed by atoms with Crippen molar-refractivity contribution in [3.8, 4) is 11.5 Å². The summed E-state index contributed by atoms with van der Waals surface area (Å²) in [7, 11) is 0. The van der Waals surface area contributed by atoms with E-state index in [-0.39, 0.29) is 11.9 Å². The Hall–Kier alpha value is -3.68. The second kappa shape index (κ2) is 10.4. The van der Waals surface area contributed by atoms with Gasteiger partial charge in [0.25, 0.3) is 5.91 Å². The summed E-state index contributed by atoms with van der Waals surface area (Å²) in [5.41, 5.74) is 1.60. The third kappa shape index (κ3) is 5.91. The van der Waals surface area contributed by atoms with Crippen LogP contribution in [0.1, 0.15) is 38.3 Å². The molecule has 0 spiro atoms. The average molecular weight is 423 g/mol. The van der Waals surface area contributed by atoms with Crippen LogP contribution in [0.4, 0.5) is 0 Å². The number of nitrogens with one attached hydrogen (secondary N) is 1. The zero-order chi connectivity index (χ0) is 22.2. The van der Waals surface area contributed by atoms with Crippen LogP contribution in [0.2, 0.25) is 0 Å². The highest BCUT2D eigenvalue weighted by Gasteiger charge is 2.23. The zero-order valence-corrected chi connectivity index (χ0v) is 17.5. The lowest BCUT2D eigenvalue weighted by Crippen LogP contribution is -2.39. The van der Waals surface area contributed by atoms with Crippen LogP contribution in [0.25, 0.3) is 11.5 Å². The van der Waals surface area contributed by atoms with Gasteiger partial charge in [-0.3, -0.25) is 9.59 Å². The Bertz CT molecular complexity index is 1060. The number of rotatable bonds is 9. The minimum atomic E-state index is -1.02. The monoisotopic (exact) mass is 423 g/mol. The molecule has 2 aromatic carbocycles. The van der Waals surface area contributed by atoms with E-state index in [9.17, 15) is 14.4 Å².